The van der Waals surface area contributed by atoms with Crippen molar-refractivity contribution >= 4 is 47.8 Å². The average molecular weight is 383 g/mol. The van der Waals surface area contributed by atoms with Gasteiger partial charge in [0.15, 0.2) is 6.29 Å². The number of alkyl halides is 3. The minimum absolute atomic E-state index is 0.122. The van der Waals surface area contributed by atoms with Crippen LogP contribution in [0.2, 0.25) is 0 Å². The van der Waals surface area contributed by atoms with Crippen molar-refractivity contribution in [3.05, 3.63) is 0 Å². The highest BCUT2D eigenvalue weighted by Gasteiger charge is 2.15. The normalized spacial score (nSPS) is 12.5. The fourth-order valence-electron chi connectivity index (χ4n) is 1.01. The minimum Gasteiger partial charge on any atom is -0.368 e. The highest BCUT2D eigenvalue weighted by Crippen LogP contribution is 2.38. The number of aliphatic hydroxyl groups is 2. The van der Waals surface area contributed by atoms with E-state index in [-0.39, 0.29) is 2.14 Å². The lowest BCUT2D eigenvalue weighted by Gasteiger charge is -2.11. The van der Waals surface area contributed by atoms with Gasteiger partial charge in [0.1, 0.15) is 2.14 Å². The third-order valence-electron chi connectivity index (χ3n) is 1.67. The molecule has 2 N–H and O–H groups in total. The Morgan fingerprint density at radius 1 is 0.923 bits per heavy atom. The Kier molecular flexibility index (Phi) is 8.42. The van der Waals surface area contributed by atoms with Crippen molar-refractivity contribution in [3.8, 4) is 0 Å². The van der Waals surface area contributed by atoms with Gasteiger partial charge in [-0.2, -0.15) is 0 Å². The van der Waals surface area contributed by atoms with Crippen LogP contribution in [0.4, 0.5) is 0 Å². The zero-order chi connectivity index (χ0) is 10.3. The Labute approximate surface area is 104 Å². The lowest BCUT2D eigenvalue weighted by molar-refractivity contribution is -0.0465. The monoisotopic (exact) mass is 380 g/mol. The summed E-state index contributed by atoms with van der Waals surface area (Å²) in [5.41, 5.74) is 0. The molecular formula is C8H15Br3O2. The predicted octanol–water partition coefficient (Wildman–Crippen LogP) is 3.48. The summed E-state index contributed by atoms with van der Waals surface area (Å²) in [5.74, 6) is 0. The summed E-state index contributed by atoms with van der Waals surface area (Å²) in [6.45, 7) is 0. The minimum atomic E-state index is -1.14. The second-order valence-corrected chi connectivity index (χ2v) is 10.3. The Balaban J connectivity index is 3.09. The molecule has 0 heterocycles. The van der Waals surface area contributed by atoms with Crippen LogP contribution in [0.3, 0.4) is 0 Å². The lowest BCUT2D eigenvalue weighted by Crippen LogP contribution is -2.03. The molecule has 0 aromatic heterocycles. The van der Waals surface area contributed by atoms with Crippen molar-refractivity contribution in [2.24, 2.45) is 0 Å². The first-order valence-corrected chi connectivity index (χ1v) is 6.72. The predicted molar refractivity (Wildman–Crippen MR) is 65.4 cm³/mol. The van der Waals surface area contributed by atoms with E-state index in [0.717, 1.165) is 32.1 Å². The molecule has 0 saturated carbocycles. The maximum atomic E-state index is 8.57. The molecular weight excluding hydrogens is 368 g/mol. The Bertz CT molecular complexity index is 123. The van der Waals surface area contributed by atoms with E-state index in [9.17, 15) is 0 Å². The quantitative estimate of drug-likeness (QED) is 0.419. The van der Waals surface area contributed by atoms with Crippen molar-refractivity contribution < 1.29 is 10.2 Å². The van der Waals surface area contributed by atoms with Crippen LogP contribution in [-0.4, -0.2) is 18.6 Å². The van der Waals surface area contributed by atoms with Gasteiger partial charge in [-0.15, -0.1) is 0 Å². The molecule has 0 fully saturated rings. The molecule has 2 nitrogen and oxygen atoms in total. The lowest BCUT2D eigenvalue weighted by atomic mass is 10.1. The van der Waals surface area contributed by atoms with E-state index in [1.54, 1.807) is 0 Å². The summed E-state index contributed by atoms with van der Waals surface area (Å²) >= 11 is 10.3. The summed E-state index contributed by atoms with van der Waals surface area (Å²) in [6.07, 6.45) is 4.54. The second kappa shape index (κ2) is 7.63. The van der Waals surface area contributed by atoms with Gasteiger partial charge < -0.3 is 10.2 Å². The Morgan fingerprint density at radius 2 is 1.46 bits per heavy atom. The maximum Gasteiger partial charge on any atom is 0.151 e. The molecule has 0 bridgehead atoms. The van der Waals surface area contributed by atoms with Crippen molar-refractivity contribution in [2.75, 3.05) is 0 Å². The third kappa shape index (κ3) is 13.4. The first kappa shape index (κ1) is 14.4. The summed E-state index contributed by atoms with van der Waals surface area (Å²) in [6, 6.07) is 0. The third-order valence-corrected chi connectivity index (χ3v) is 2.86. The summed E-state index contributed by atoms with van der Waals surface area (Å²) in [7, 11) is 0. The molecule has 0 unspecified atom stereocenters. The number of rotatable bonds is 6. The standard InChI is InChI=1S/C8H15Br3O2/c9-8(10,11)6-4-2-1-3-5-7(12)13/h7,12-13H,1-6H2. The summed E-state index contributed by atoms with van der Waals surface area (Å²) in [5, 5.41) is 17.1. The van der Waals surface area contributed by atoms with Crippen LogP contribution in [0.5, 0.6) is 0 Å². The largest absolute Gasteiger partial charge is 0.368 e. The van der Waals surface area contributed by atoms with Crippen LogP contribution in [0.1, 0.15) is 38.5 Å². The molecule has 0 aliphatic heterocycles. The highest BCUT2D eigenvalue weighted by atomic mass is 80.0. The fraction of sp³-hybridized carbons (Fsp3) is 1.00. The van der Waals surface area contributed by atoms with Crippen molar-refractivity contribution in [3.63, 3.8) is 0 Å². The Morgan fingerprint density at radius 3 is 1.92 bits per heavy atom. The second-order valence-electron chi connectivity index (χ2n) is 3.05. The molecule has 0 spiro atoms. The van der Waals surface area contributed by atoms with Crippen LogP contribution in [0, 0.1) is 0 Å². The van der Waals surface area contributed by atoms with Gasteiger partial charge in [0.05, 0.1) is 0 Å². The maximum absolute atomic E-state index is 8.57. The van der Waals surface area contributed by atoms with Crippen molar-refractivity contribution in [1.29, 1.82) is 0 Å². The van der Waals surface area contributed by atoms with Gasteiger partial charge >= 0.3 is 0 Å². The molecule has 0 radical (unpaired) electrons. The van der Waals surface area contributed by atoms with Gasteiger partial charge in [0.2, 0.25) is 0 Å². The zero-order valence-corrected chi connectivity index (χ0v) is 12.1. The molecule has 0 aromatic carbocycles. The molecule has 13 heavy (non-hydrogen) atoms. The van der Waals surface area contributed by atoms with Crippen LogP contribution in [0.25, 0.3) is 0 Å². The van der Waals surface area contributed by atoms with E-state index < -0.39 is 6.29 Å². The highest BCUT2D eigenvalue weighted by molar-refractivity contribution is 9.39. The molecule has 0 aliphatic carbocycles. The zero-order valence-electron chi connectivity index (χ0n) is 7.35. The van der Waals surface area contributed by atoms with Gasteiger partial charge in [-0.25, -0.2) is 0 Å². The van der Waals surface area contributed by atoms with E-state index in [1.807, 2.05) is 0 Å². The fourth-order valence-corrected chi connectivity index (χ4v) is 1.85. The van der Waals surface area contributed by atoms with E-state index in [0.29, 0.717) is 6.42 Å². The van der Waals surface area contributed by atoms with Crippen LogP contribution in [0.15, 0.2) is 0 Å². The molecule has 5 heteroatoms. The number of hydrogen-bond donors (Lipinski definition) is 2. The topological polar surface area (TPSA) is 40.5 Å². The molecule has 0 rings (SSSR count). The van der Waals surface area contributed by atoms with Gasteiger partial charge in [0, 0.05) is 0 Å². The van der Waals surface area contributed by atoms with Gasteiger partial charge in [-0.05, 0) is 19.3 Å². The number of aliphatic hydroxyl groups excluding tert-OH is 1. The van der Waals surface area contributed by atoms with Crippen molar-refractivity contribution in [1.82, 2.24) is 0 Å². The molecule has 80 valence electrons. The van der Waals surface area contributed by atoms with Crippen LogP contribution >= 0.6 is 47.8 Å². The number of halogens is 3. The molecule has 0 aliphatic rings. The number of hydrogen-bond acceptors (Lipinski definition) is 2. The summed E-state index contributed by atoms with van der Waals surface area (Å²) < 4.78 is -0.122. The smallest absolute Gasteiger partial charge is 0.151 e. The van der Waals surface area contributed by atoms with Crippen molar-refractivity contribution in [2.45, 2.75) is 47.0 Å². The molecule has 0 atom stereocenters. The van der Waals surface area contributed by atoms with Gasteiger partial charge in [-0.3, -0.25) is 0 Å². The summed E-state index contributed by atoms with van der Waals surface area (Å²) in [4.78, 5) is 0. The van der Waals surface area contributed by atoms with E-state index in [2.05, 4.69) is 47.8 Å². The van der Waals surface area contributed by atoms with Crippen LogP contribution in [-0.2, 0) is 0 Å². The van der Waals surface area contributed by atoms with E-state index in [4.69, 9.17) is 10.2 Å². The Hall–Kier alpha value is 1.36. The van der Waals surface area contributed by atoms with Gasteiger partial charge in [0.25, 0.3) is 0 Å². The number of unbranched alkanes of at least 4 members (excludes halogenated alkanes) is 3. The SMILES string of the molecule is OC(O)CCCCCCC(Br)(Br)Br. The van der Waals surface area contributed by atoms with E-state index >= 15 is 0 Å². The first-order chi connectivity index (χ1) is 5.92. The molecule has 0 saturated heterocycles. The van der Waals surface area contributed by atoms with E-state index in [1.165, 1.54) is 0 Å². The molecule has 0 amide bonds. The van der Waals surface area contributed by atoms with Crippen LogP contribution < -0.4 is 0 Å². The molecule has 0 aromatic rings. The first-order valence-electron chi connectivity index (χ1n) is 4.35. The van der Waals surface area contributed by atoms with Gasteiger partial charge in [-0.1, -0.05) is 67.1 Å². The average Bonchev–Trinajstić information content (AvgIpc) is 1.93.